The van der Waals surface area contributed by atoms with E-state index in [1.165, 1.54) is 0 Å². The maximum atomic E-state index is 12.0. The van der Waals surface area contributed by atoms with Crippen molar-refractivity contribution in [2.45, 2.75) is 25.3 Å². The molecule has 1 amide bonds. The lowest BCUT2D eigenvalue weighted by atomic mass is 10.0. The Balaban J connectivity index is 2.07. The fraction of sp³-hybridized carbons (Fsp3) is 0.800. The summed E-state index contributed by atoms with van der Waals surface area (Å²) in [7, 11) is 0. The lowest BCUT2D eigenvalue weighted by molar-refractivity contribution is -0.144. The van der Waals surface area contributed by atoms with Gasteiger partial charge in [0.05, 0.1) is 12.3 Å². The van der Waals surface area contributed by atoms with E-state index in [9.17, 15) is 9.59 Å². The van der Waals surface area contributed by atoms with Crippen LogP contribution in [0.4, 0.5) is 0 Å². The highest BCUT2D eigenvalue weighted by molar-refractivity contribution is 5.84. The molecule has 2 saturated heterocycles. The number of fused-ring (bicyclic) bond motifs is 1. The highest BCUT2D eigenvalue weighted by Crippen LogP contribution is 2.22. The van der Waals surface area contributed by atoms with E-state index in [1.807, 2.05) is 4.90 Å². The molecule has 5 heteroatoms. The Bertz CT molecular complexity index is 280. The molecule has 0 spiro atoms. The third-order valence-electron chi connectivity index (χ3n) is 3.20. The highest BCUT2D eigenvalue weighted by atomic mass is 16.4. The van der Waals surface area contributed by atoms with E-state index < -0.39 is 5.97 Å². The van der Waals surface area contributed by atoms with Crippen LogP contribution in [-0.2, 0) is 9.59 Å². The second kappa shape index (κ2) is 4.18. The molecule has 0 saturated carbocycles. The number of nitrogens with one attached hydrogen (secondary N) is 1. The molecule has 2 aliphatic heterocycles. The molecule has 15 heavy (non-hydrogen) atoms. The van der Waals surface area contributed by atoms with Crippen molar-refractivity contribution >= 4 is 11.9 Å². The lowest BCUT2D eigenvalue weighted by Gasteiger charge is -2.23. The van der Waals surface area contributed by atoms with Gasteiger partial charge >= 0.3 is 5.97 Å². The molecule has 2 fully saturated rings. The quantitative estimate of drug-likeness (QED) is 0.657. The molecule has 0 bridgehead atoms. The number of carboxylic acid groups (broad SMARTS) is 1. The maximum absolute atomic E-state index is 12.0. The van der Waals surface area contributed by atoms with Gasteiger partial charge in [-0.15, -0.1) is 0 Å². The summed E-state index contributed by atoms with van der Waals surface area (Å²) < 4.78 is 0. The van der Waals surface area contributed by atoms with Gasteiger partial charge in [0.1, 0.15) is 0 Å². The van der Waals surface area contributed by atoms with Gasteiger partial charge in [0.15, 0.2) is 0 Å². The third-order valence-corrected chi connectivity index (χ3v) is 3.20. The standard InChI is InChI=1S/C10H16N2O3/c13-9(14)4-7-5-11-6-8-2-1-3-12(8)10(7)15/h7-8,11H,1-6H2,(H,13,14). The SMILES string of the molecule is O=C(O)CC1CNCC2CCCN2C1=O. The number of carboxylic acids is 1. The molecule has 0 aliphatic carbocycles. The van der Waals surface area contributed by atoms with Crippen LogP contribution < -0.4 is 5.32 Å². The van der Waals surface area contributed by atoms with Crippen molar-refractivity contribution in [1.82, 2.24) is 10.2 Å². The first-order valence-electron chi connectivity index (χ1n) is 5.41. The van der Waals surface area contributed by atoms with Gasteiger partial charge in [0.2, 0.25) is 5.91 Å². The van der Waals surface area contributed by atoms with Crippen molar-refractivity contribution in [1.29, 1.82) is 0 Å². The number of carbonyl (C=O) groups is 2. The molecule has 84 valence electrons. The monoisotopic (exact) mass is 212 g/mol. The largest absolute Gasteiger partial charge is 0.481 e. The maximum Gasteiger partial charge on any atom is 0.304 e. The van der Waals surface area contributed by atoms with Crippen LogP contribution >= 0.6 is 0 Å². The van der Waals surface area contributed by atoms with E-state index in [0.29, 0.717) is 6.54 Å². The second-order valence-corrected chi connectivity index (χ2v) is 4.28. The Labute approximate surface area is 88.4 Å². The summed E-state index contributed by atoms with van der Waals surface area (Å²) in [5.41, 5.74) is 0. The molecule has 0 radical (unpaired) electrons. The van der Waals surface area contributed by atoms with E-state index in [1.54, 1.807) is 0 Å². The van der Waals surface area contributed by atoms with Crippen LogP contribution in [0.25, 0.3) is 0 Å². The van der Waals surface area contributed by atoms with Gasteiger partial charge in [-0.05, 0) is 12.8 Å². The Morgan fingerprint density at radius 2 is 2.33 bits per heavy atom. The van der Waals surface area contributed by atoms with Crippen LogP contribution in [0.15, 0.2) is 0 Å². The Hall–Kier alpha value is -1.10. The summed E-state index contributed by atoms with van der Waals surface area (Å²) >= 11 is 0. The van der Waals surface area contributed by atoms with Crippen molar-refractivity contribution < 1.29 is 14.7 Å². The number of amides is 1. The van der Waals surface area contributed by atoms with Gasteiger partial charge in [0, 0.05) is 25.7 Å². The average molecular weight is 212 g/mol. The minimum Gasteiger partial charge on any atom is -0.481 e. The zero-order valence-electron chi connectivity index (χ0n) is 8.61. The van der Waals surface area contributed by atoms with Gasteiger partial charge in [-0.1, -0.05) is 0 Å². The molecule has 2 aliphatic rings. The van der Waals surface area contributed by atoms with Crippen molar-refractivity contribution in [2.75, 3.05) is 19.6 Å². The molecule has 2 N–H and O–H groups in total. The molecule has 2 atom stereocenters. The summed E-state index contributed by atoms with van der Waals surface area (Å²) in [4.78, 5) is 24.5. The fourth-order valence-corrected chi connectivity index (χ4v) is 2.45. The predicted molar refractivity (Wildman–Crippen MR) is 53.3 cm³/mol. The Kier molecular flexibility index (Phi) is 2.90. The molecular weight excluding hydrogens is 196 g/mol. The average Bonchev–Trinajstić information content (AvgIpc) is 2.58. The number of hydrogen-bond donors (Lipinski definition) is 2. The van der Waals surface area contributed by atoms with Gasteiger partial charge in [-0.25, -0.2) is 0 Å². The van der Waals surface area contributed by atoms with Crippen LogP contribution in [0.2, 0.25) is 0 Å². The number of hydrogen-bond acceptors (Lipinski definition) is 3. The summed E-state index contributed by atoms with van der Waals surface area (Å²) in [6.45, 7) is 2.10. The first-order chi connectivity index (χ1) is 7.18. The first-order valence-corrected chi connectivity index (χ1v) is 5.41. The summed E-state index contributed by atoms with van der Waals surface area (Å²) in [6, 6.07) is 0.288. The van der Waals surface area contributed by atoms with Gasteiger partial charge in [0.25, 0.3) is 0 Å². The summed E-state index contributed by atoms with van der Waals surface area (Å²) in [6.07, 6.45) is 2.02. The van der Waals surface area contributed by atoms with Crippen molar-refractivity contribution in [3.05, 3.63) is 0 Å². The molecule has 0 aromatic carbocycles. The molecule has 0 aromatic rings. The number of aliphatic carboxylic acids is 1. The lowest BCUT2D eigenvalue weighted by Crippen LogP contribution is -2.39. The molecule has 2 heterocycles. The van der Waals surface area contributed by atoms with Crippen LogP contribution in [-0.4, -0.2) is 47.6 Å². The second-order valence-electron chi connectivity index (χ2n) is 4.28. The van der Waals surface area contributed by atoms with Gasteiger partial charge in [-0.3, -0.25) is 9.59 Å². The molecular formula is C10H16N2O3. The van der Waals surface area contributed by atoms with Crippen LogP contribution in [0.5, 0.6) is 0 Å². The molecule has 2 unspecified atom stereocenters. The number of nitrogens with zero attached hydrogens (tertiary/aromatic N) is 1. The topological polar surface area (TPSA) is 69.6 Å². The van der Waals surface area contributed by atoms with Crippen LogP contribution in [0, 0.1) is 5.92 Å². The highest BCUT2D eigenvalue weighted by Gasteiger charge is 2.36. The van der Waals surface area contributed by atoms with E-state index in [2.05, 4.69) is 5.32 Å². The van der Waals surface area contributed by atoms with Crippen molar-refractivity contribution in [3.8, 4) is 0 Å². The normalized spacial score (nSPS) is 31.2. The molecule has 2 rings (SSSR count). The minimum absolute atomic E-state index is 0.0184. The van der Waals surface area contributed by atoms with Crippen LogP contribution in [0.1, 0.15) is 19.3 Å². The minimum atomic E-state index is -0.896. The van der Waals surface area contributed by atoms with E-state index >= 15 is 0 Å². The van der Waals surface area contributed by atoms with E-state index in [0.717, 1.165) is 25.9 Å². The van der Waals surface area contributed by atoms with Crippen molar-refractivity contribution in [3.63, 3.8) is 0 Å². The zero-order chi connectivity index (χ0) is 10.8. The molecule has 5 nitrogen and oxygen atoms in total. The Morgan fingerprint density at radius 3 is 3.07 bits per heavy atom. The van der Waals surface area contributed by atoms with Crippen molar-refractivity contribution in [2.24, 2.45) is 5.92 Å². The number of carbonyl (C=O) groups excluding carboxylic acids is 1. The smallest absolute Gasteiger partial charge is 0.304 e. The first kappa shape index (κ1) is 10.4. The summed E-state index contributed by atoms with van der Waals surface area (Å²) in [5, 5.41) is 11.9. The van der Waals surface area contributed by atoms with Gasteiger partial charge in [-0.2, -0.15) is 0 Å². The molecule has 0 aromatic heterocycles. The summed E-state index contributed by atoms with van der Waals surface area (Å²) in [5.74, 6) is -1.26. The third kappa shape index (κ3) is 2.12. The van der Waals surface area contributed by atoms with E-state index in [4.69, 9.17) is 5.11 Å². The fourth-order valence-electron chi connectivity index (χ4n) is 2.45. The van der Waals surface area contributed by atoms with Gasteiger partial charge < -0.3 is 15.3 Å². The predicted octanol–water partition coefficient (Wildman–Crippen LogP) is -0.329. The zero-order valence-corrected chi connectivity index (χ0v) is 8.61. The number of rotatable bonds is 2. The van der Waals surface area contributed by atoms with Crippen LogP contribution in [0.3, 0.4) is 0 Å². The Morgan fingerprint density at radius 1 is 1.53 bits per heavy atom. The van der Waals surface area contributed by atoms with E-state index in [-0.39, 0.29) is 24.3 Å².